The lowest BCUT2D eigenvalue weighted by Crippen LogP contribution is -2.24. The van der Waals surface area contributed by atoms with Crippen molar-refractivity contribution in [2.24, 2.45) is 0 Å². The Labute approximate surface area is 133 Å². The van der Waals surface area contributed by atoms with Gasteiger partial charge in [0.15, 0.2) is 0 Å². The highest BCUT2D eigenvalue weighted by atomic mass is 35.5. The second-order valence-electron chi connectivity index (χ2n) is 4.81. The average molecular weight is 324 g/mol. The number of hydrogen-bond acceptors (Lipinski definition) is 2. The Morgan fingerprint density at radius 1 is 1.05 bits per heavy atom. The van der Waals surface area contributed by atoms with Crippen LogP contribution in [0.5, 0.6) is 0 Å². The molecule has 20 heavy (non-hydrogen) atoms. The second-order valence-corrected chi connectivity index (χ2v) is 6.76. The lowest BCUT2D eigenvalue weighted by molar-refractivity contribution is 0.510. The van der Waals surface area contributed by atoms with Gasteiger partial charge in [-0.3, -0.25) is 0 Å². The molecule has 1 nitrogen and oxygen atoms in total. The van der Waals surface area contributed by atoms with Gasteiger partial charge in [-0.05, 0) is 35.9 Å². The highest BCUT2D eigenvalue weighted by molar-refractivity contribution is 7.99. The molecule has 2 aromatic rings. The van der Waals surface area contributed by atoms with Gasteiger partial charge in [0.05, 0.1) is 0 Å². The highest BCUT2D eigenvalue weighted by Crippen LogP contribution is 2.36. The Balaban J connectivity index is 1.77. The fourth-order valence-corrected chi connectivity index (χ4v) is 4.14. The molecule has 1 heterocycles. The number of hydrogen-bond donors (Lipinski definition) is 1. The van der Waals surface area contributed by atoms with Crippen LogP contribution in [0.2, 0.25) is 10.0 Å². The van der Waals surface area contributed by atoms with Crippen molar-refractivity contribution in [3.8, 4) is 0 Å². The quantitative estimate of drug-likeness (QED) is 0.820. The molecule has 0 fully saturated rings. The van der Waals surface area contributed by atoms with E-state index in [1.807, 2.05) is 30.0 Å². The van der Waals surface area contributed by atoms with Gasteiger partial charge < -0.3 is 5.32 Å². The Kier molecular flexibility index (Phi) is 4.57. The van der Waals surface area contributed by atoms with Crippen LogP contribution in [0, 0.1) is 0 Å². The van der Waals surface area contributed by atoms with Crippen LogP contribution in [-0.2, 0) is 6.54 Å². The summed E-state index contributed by atoms with van der Waals surface area (Å²) in [7, 11) is 0. The number of benzene rings is 2. The van der Waals surface area contributed by atoms with Gasteiger partial charge in [0.1, 0.15) is 0 Å². The van der Waals surface area contributed by atoms with Crippen molar-refractivity contribution >= 4 is 35.0 Å². The predicted octanol–water partition coefficient (Wildman–Crippen LogP) is 5.32. The van der Waals surface area contributed by atoms with Crippen LogP contribution in [0.3, 0.4) is 0 Å². The van der Waals surface area contributed by atoms with E-state index in [1.165, 1.54) is 10.5 Å². The normalized spacial score (nSPS) is 17.8. The van der Waals surface area contributed by atoms with Gasteiger partial charge in [-0.15, -0.1) is 11.8 Å². The Bertz CT molecular complexity index is 595. The van der Waals surface area contributed by atoms with Gasteiger partial charge in [0.25, 0.3) is 0 Å². The van der Waals surface area contributed by atoms with Crippen LogP contribution in [0.15, 0.2) is 47.4 Å². The van der Waals surface area contributed by atoms with E-state index in [0.29, 0.717) is 12.6 Å². The minimum atomic E-state index is 0.375. The molecule has 2 aromatic carbocycles. The monoisotopic (exact) mass is 323 g/mol. The van der Waals surface area contributed by atoms with Crippen LogP contribution in [0.1, 0.15) is 23.6 Å². The Morgan fingerprint density at radius 3 is 2.60 bits per heavy atom. The molecule has 0 radical (unpaired) electrons. The van der Waals surface area contributed by atoms with E-state index in [1.54, 1.807) is 0 Å². The van der Waals surface area contributed by atoms with E-state index in [2.05, 4.69) is 29.6 Å². The van der Waals surface area contributed by atoms with Crippen molar-refractivity contribution in [2.45, 2.75) is 23.9 Å². The van der Waals surface area contributed by atoms with E-state index >= 15 is 0 Å². The third kappa shape index (κ3) is 2.99. The lowest BCUT2D eigenvalue weighted by Gasteiger charge is -2.26. The Morgan fingerprint density at radius 2 is 1.80 bits per heavy atom. The zero-order chi connectivity index (χ0) is 13.9. The van der Waals surface area contributed by atoms with Gasteiger partial charge >= 0.3 is 0 Å². The molecule has 0 aromatic heterocycles. The third-order valence-electron chi connectivity index (χ3n) is 3.55. The molecule has 0 aliphatic carbocycles. The van der Waals surface area contributed by atoms with Crippen LogP contribution in [0.4, 0.5) is 0 Å². The highest BCUT2D eigenvalue weighted by Gasteiger charge is 2.20. The first-order valence-corrected chi connectivity index (χ1v) is 8.38. The zero-order valence-corrected chi connectivity index (χ0v) is 13.2. The van der Waals surface area contributed by atoms with Crippen LogP contribution in [0.25, 0.3) is 0 Å². The van der Waals surface area contributed by atoms with Gasteiger partial charge in [0, 0.05) is 33.1 Å². The SMILES string of the molecule is Clc1cccc(Cl)c1CNC1CCSc2ccccc21. The molecular weight excluding hydrogens is 309 g/mol. The molecule has 0 saturated heterocycles. The number of thioether (sulfide) groups is 1. The molecule has 4 heteroatoms. The van der Waals surface area contributed by atoms with Crippen molar-refractivity contribution in [1.82, 2.24) is 5.32 Å². The number of nitrogens with one attached hydrogen (secondary N) is 1. The molecule has 1 aliphatic heterocycles. The number of fused-ring (bicyclic) bond motifs is 1. The molecule has 0 saturated carbocycles. The maximum absolute atomic E-state index is 6.22. The van der Waals surface area contributed by atoms with Gasteiger partial charge in [0.2, 0.25) is 0 Å². The lowest BCUT2D eigenvalue weighted by atomic mass is 10.0. The summed E-state index contributed by atoms with van der Waals surface area (Å²) in [5, 5.41) is 5.04. The first kappa shape index (κ1) is 14.3. The van der Waals surface area contributed by atoms with E-state index in [9.17, 15) is 0 Å². The fourth-order valence-electron chi connectivity index (χ4n) is 2.48. The third-order valence-corrected chi connectivity index (χ3v) is 5.38. The van der Waals surface area contributed by atoms with Crippen molar-refractivity contribution in [1.29, 1.82) is 0 Å². The van der Waals surface area contributed by atoms with Crippen LogP contribution < -0.4 is 5.32 Å². The minimum Gasteiger partial charge on any atom is -0.306 e. The summed E-state index contributed by atoms with van der Waals surface area (Å²) < 4.78 is 0. The topological polar surface area (TPSA) is 12.0 Å². The van der Waals surface area contributed by atoms with E-state index < -0.39 is 0 Å². The van der Waals surface area contributed by atoms with Crippen molar-refractivity contribution in [3.63, 3.8) is 0 Å². The average Bonchev–Trinajstić information content (AvgIpc) is 2.47. The molecular formula is C16H15Cl2NS. The van der Waals surface area contributed by atoms with Gasteiger partial charge in [-0.2, -0.15) is 0 Å². The fraction of sp³-hybridized carbons (Fsp3) is 0.250. The van der Waals surface area contributed by atoms with Crippen LogP contribution >= 0.6 is 35.0 Å². The summed E-state index contributed by atoms with van der Waals surface area (Å²) in [5.74, 6) is 1.14. The molecule has 1 aliphatic rings. The Hall–Kier alpha value is -0.670. The number of halogens is 2. The molecule has 0 spiro atoms. The van der Waals surface area contributed by atoms with E-state index in [-0.39, 0.29) is 0 Å². The second kappa shape index (κ2) is 6.40. The van der Waals surface area contributed by atoms with Gasteiger partial charge in [-0.1, -0.05) is 47.5 Å². The van der Waals surface area contributed by atoms with Crippen LogP contribution in [-0.4, -0.2) is 5.75 Å². The first-order valence-electron chi connectivity index (χ1n) is 6.63. The maximum atomic E-state index is 6.22. The van der Waals surface area contributed by atoms with Crippen molar-refractivity contribution < 1.29 is 0 Å². The predicted molar refractivity (Wildman–Crippen MR) is 87.8 cm³/mol. The zero-order valence-electron chi connectivity index (χ0n) is 10.9. The minimum absolute atomic E-state index is 0.375. The molecule has 0 amide bonds. The molecule has 1 atom stereocenters. The van der Waals surface area contributed by atoms with Gasteiger partial charge in [-0.25, -0.2) is 0 Å². The summed E-state index contributed by atoms with van der Waals surface area (Å²) in [6.45, 7) is 0.697. The summed E-state index contributed by atoms with van der Waals surface area (Å²) >= 11 is 14.4. The standard InChI is InChI=1S/C16H15Cl2NS/c17-13-5-3-6-14(18)12(13)10-19-15-8-9-20-16-7-2-1-4-11(15)16/h1-7,15,19H,8-10H2. The molecule has 3 rings (SSSR count). The summed E-state index contributed by atoms with van der Waals surface area (Å²) in [5.41, 5.74) is 2.36. The summed E-state index contributed by atoms with van der Waals surface area (Å²) in [6, 6.07) is 14.6. The molecule has 1 N–H and O–H groups in total. The largest absolute Gasteiger partial charge is 0.306 e. The maximum Gasteiger partial charge on any atom is 0.0465 e. The summed E-state index contributed by atoms with van der Waals surface area (Å²) in [4.78, 5) is 1.38. The van der Waals surface area contributed by atoms with Crippen molar-refractivity contribution in [2.75, 3.05) is 5.75 Å². The smallest absolute Gasteiger partial charge is 0.0465 e. The first-order chi connectivity index (χ1) is 9.75. The molecule has 0 bridgehead atoms. The van der Waals surface area contributed by atoms with Crippen molar-refractivity contribution in [3.05, 3.63) is 63.6 Å². The number of rotatable bonds is 3. The van der Waals surface area contributed by atoms with E-state index in [4.69, 9.17) is 23.2 Å². The molecule has 104 valence electrons. The molecule has 1 unspecified atom stereocenters. The van der Waals surface area contributed by atoms with E-state index in [0.717, 1.165) is 27.8 Å². The summed E-state index contributed by atoms with van der Waals surface area (Å²) in [6.07, 6.45) is 1.13.